The number of hydrogen-bond acceptors (Lipinski definition) is 5. The Hall–Kier alpha value is -3.29. The zero-order valence-corrected chi connectivity index (χ0v) is 14.1. The van der Waals surface area contributed by atoms with Crippen molar-refractivity contribution in [2.75, 3.05) is 5.32 Å². The molecule has 3 aromatic rings. The maximum Gasteiger partial charge on any atom is 0.247 e. The zero-order valence-electron chi connectivity index (χ0n) is 14.1. The van der Waals surface area contributed by atoms with Gasteiger partial charge in [0.2, 0.25) is 11.8 Å². The number of benzene rings is 1. The van der Waals surface area contributed by atoms with Crippen LogP contribution in [0.4, 0.5) is 5.82 Å². The third-order valence-corrected chi connectivity index (χ3v) is 4.45. The fourth-order valence-electron chi connectivity index (χ4n) is 2.92. The molecule has 3 atom stereocenters. The fraction of sp³-hybridized carbons (Fsp3) is 0.278. The van der Waals surface area contributed by atoms with Gasteiger partial charge in [0.05, 0.1) is 17.2 Å². The summed E-state index contributed by atoms with van der Waals surface area (Å²) in [5.74, 6) is 0.602. The number of para-hydroxylation sites is 2. The van der Waals surface area contributed by atoms with Crippen molar-refractivity contribution in [2.45, 2.75) is 25.3 Å². The molecule has 132 valence electrons. The lowest BCUT2D eigenvalue weighted by Gasteiger charge is -2.13. The van der Waals surface area contributed by atoms with Crippen LogP contribution in [0.25, 0.3) is 11.0 Å². The van der Waals surface area contributed by atoms with Crippen molar-refractivity contribution in [3.05, 3.63) is 48.7 Å². The molecule has 0 saturated heterocycles. The van der Waals surface area contributed by atoms with E-state index in [1.807, 2.05) is 24.3 Å². The number of aromatic amines is 1. The van der Waals surface area contributed by atoms with Crippen molar-refractivity contribution in [2.24, 2.45) is 5.92 Å². The van der Waals surface area contributed by atoms with Crippen molar-refractivity contribution in [1.29, 1.82) is 0 Å². The lowest BCUT2D eigenvalue weighted by atomic mass is 10.2. The summed E-state index contributed by atoms with van der Waals surface area (Å²) < 4.78 is 0. The van der Waals surface area contributed by atoms with E-state index >= 15 is 0 Å². The molecule has 1 aliphatic rings. The molecule has 8 nitrogen and oxygen atoms in total. The van der Waals surface area contributed by atoms with E-state index < -0.39 is 6.04 Å². The summed E-state index contributed by atoms with van der Waals surface area (Å²) in [7, 11) is 0. The molecule has 0 bridgehead atoms. The molecular weight excluding hydrogens is 332 g/mol. The number of imidazole rings is 1. The zero-order chi connectivity index (χ0) is 18.1. The Bertz CT molecular complexity index is 921. The van der Waals surface area contributed by atoms with E-state index in [1.54, 1.807) is 6.92 Å². The Morgan fingerprint density at radius 3 is 2.88 bits per heavy atom. The van der Waals surface area contributed by atoms with Crippen LogP contribution < -0.4 is 10.6 Å². The topological polar surface area (TPSA) is 113 Å². The highest BCUT2D eigenvalue weighted by molar-refractivity contribution is 5.97. The molecule has 2 heterocycles. The first-order valence-electron chi connectivity index (χ1n) is 8.43. The van der Waals surface area contributed by atoms with Gasteiger partial charge in [0.1, 0.15) is 11.9 Å². The largest absolute Gasteiger partial charge is 0.344 e. The average Bonchev–Trinajstić information content (AvgIpc) is 3.34. The van der Waals surface area contributed by atoms with Crippen LogP contribution in [0.15, 0.2) is 42.9 Å². The van der Waals surface area contributed by atoms with E-state index in [9.17, 15) is 9.59 Å². The van der Waals surface area contributed by atoms with Gasteiger partial charge in [-0.05, 0) is 25.5 Å². The summed E-state index contributed by atoms with van der Waals surface area (Å²) in [6, 6.07) is 7.11. The van der Waals surface area contributed by atoms with E-state index in [-0.39, 0.29) is 23.7 Å². The van der Waals surface area contributed by atoms with Crippen LogP contribution >= 0.6 is 0 Å². The highest BCUT2D eigenvalue weighted by atomic mass is 16.2. The molecule has 1 fully saturated rings. The number of amides is 2. The van der Waals surface area contributed by atoms with E-state index in [2.05, 4.69) is 30.6 Å². The summed E-state index contributed by atoms with van der Waals surface area (Å²) >= 11 is 0. The van der Waals surface area contributed by atoms with Gasteiger partial charge < -0.3 is 15.6 Å². The average molecular weight is 350 g/mol. The van der Waals surface area contributed by atoms with Crippen LogP contribution in [0.5, 0.6) is 0 Å². The number of nitrogens with one attached hydrogen (secondary N) is 3. The van der Waals surface area contributed by atoms with Gasteiger partial charge in [-0.1, -0.05) is 12.1 Å². The normalized spacial score (nSPS) is 19.7. The Kier molecular flexibility index (Phi) is 4.08. The number of fused-ring (bicyclic) bond motifs is 1. The minimum atomic E-state index is -0.665. The number of rotatable bonds is 5. The molecule has 2 aromatic heterocycles. The number of nitrogens with zero attached hydrogens (tertiary/aromatic N) is 3. The van der Waals surface area contributed by atoms with Crippen molar-refractivity contribution in [3.63, 3.8) is 0 Å². The maximum atomic E-state index is 12.4. The molecule has 4 rings (SSSR count). The third kappa shape index (κ3) is 3.26. The highest BCUT2D eigenvalue weighted by Crippen LogP contribution is 2.46. The maximum absolute atomic E-state index is 12.4. The second-order valence-corrected chi connectivity index (χ2v) is 6.40. The molecule has 0 spiro atoms. The molecule has 26 heavy (non-hydrogen) atoms. The molecule has 0 unspecified atom stereocenters. The molecule has 2 amide bonds. The van der Waals surface area contributed by atoms with Crippen LogP contribution in [0.1, 0.15) is 25.1 Å². The summed E-state index contributed by atoms with van der Waals surface area (Å²) in [5, 5.41) is 5.38. The van der Waals surface area contributed by atoms with Crippen LogP contribution in [0, 0.1) is 5.92 Å². The van der Waals surface area contributed by atoms with Crippen molar-refractivity contribution in [1.82, 2.24) is 25.3 Å². The van der Waals surface area contributed by atoms with Gasteiger partial charge in [-0.25, -0.2) is 9.97 Å². The molecule has 1 aromatic carbocycles. The highest BCUT2D eigenvalue weighted by Gasteiger charge is 2.46. The molecule has 3 N–H and O–H groups in total. The summed E-state index contributed by atoms with van der Waals surface area (Å²) in [5.41, 5.74) is 1.86. The van der Waals surface area contributed by atoms with E-state index in [0.717, 1.165) is 23.3 Å². The smallest absolute Gasteiger partial charge is 0.247 e. The SMILES string of the molecule is C[C@@H](NC(=O)[C@@H]1C[C@H]1c1nc2ccccc2[nH]1)C(=O)Nc1cnccn1. The number of carbonyl (C=O) groups excluding carboxylic acids is 2. The van der Waals surface area contributed by atoms with Gasteiger partial charge in [0, 0.05) is 24.2 Å². The number of H-pyrrole nitrogens is 1. The number of carbonyl (C=O) groups is 2. The Balaban J connectivity index is 1.34. The Morgan fingerprint density at radius 2 is 2.12 bits per heavy atom. The predicted octanol–water partition coefficient (Wildman–Crippen LogP) is 1.60. The molecule has 1 saturated carbocycles. The third-order valence-electron chi connectivity index (χ3n) is 4.45. The van der Waals surface area contributed by atoms with Crippen LogP contribution in [0.3, 0.4) is 0 Å². The first-order chi connectivity index (χ1) is 12.6. The van der Waals surface area contributed by atoms with Gasteiger partial charge in [-0.3, -0.25) is 14.6 Å². The summed E-state index contributed by atoms with van der Waals surface area (Å²) in [4.78, 5) is 40.2. The number of hydrogen-bond donors (Lipinski definition) is 3. The quantitative estimate of drug-likeness (QED) is 0.647. The van der Waals surface area contributed by atoms with Gasteiger partial charge in [0.25, 0.3) is 0 Å². The van der Waals surface area contributed by atoms with E-state index in [0.29, 0.717) is 5.82 Å². The Morgan fingerprint density at radius 1 is 1.27 bits per heavy atom. The second-order valence-electron chi connectivity index (χ2n) is 6.40. The molecule has 8 heteroatoms. The van der Waals surface area contributed by atoms with Crippen LogP contribution in [-0.2, 0) is 9.59 Å². The van der Waals surface area contributed by atoms with E-state index in [1.165, 1.54) is 18.6 Å². The fourth-order valence-corrected chi connectivity index (χ4v) is 2.92. The minimum Gasteiger partial charge on any atom is -0.344 e. The first kappa shape index (κ1) is 16.2. The summed E-state index contributed by atoms with van der Waals surface area (Å²) in [6.07, 6.45) is 5.18. The van der Waals surface area contributed by atoms with Gasteiger partial charge in [-0.2, -0.15) is 0 Å². The Labute approximate surface area is 149 Å². The second kappa shape index (κ2) is 6.55. The molecule has 1 aliphatic carbocycles. The van der Waals surface area contributed by atoms with Crippen LogP contribution in [0.2, 0.25) is 0 Å². The number of aromatic nitrogens is 4. The van der Waals surface area contributed by atoms with Gasteiger partial charge in [-0.15, -0.1) is 0 Å². The first-order valence-corrected chi connectivity index (χ1v) is 8.43. The lowest BCUT2D eigenvalue weighted by Crippen LogP contribution is -2.42. The van der Waals surface area contributed by atoms with Crippen molar-refractivity contribution in [3.8, 4) is 0 Å². The van der Waals surface area contributed by atoms with Gasteiger partial charge in [0.15, 0.2) is 5.82 Å². The molecule has 0 radical (unpaired) electrons. The van der Waals surface area contributed by atoms with Crippen molar-refractivity contribution >= 4 is 28.7 Å². The monoisotopic (exact) mass is 350 g/mol. The number of anilines is 1. The molecule has 0 aliphatic heterocycles. The summed E-state index contributed by atoms with van der Waals surface area (Å²) in [6.45, 7) is 1.64. The van der Waals surface area contributed by atoms with E-state index in [4.69, 9.17) is 0 Å². The minimum absolute atomic E-state index is 0.0673. The van der Waals surface area contributed by atoms with Gasteiger partial charge >= 0.3 is 0 Å². The molecular formula is C18H18N6O2. The lowest BCUT2D eigenvalue weighted by molar-refractivity contribution is -0.127. The van der Waals surface area contributed by atoms with Crippen molar-refractivity contribution < 1.29 is 9.59 Å². The van der Waals surface area contributed by atoms with Crippen LogP contribution in [-0.4, -0.2) is 37.8 Å². The standard InChI is InChI=1S/C18H18N6O2/c1-10(17(25)24-15-9-19-6-7-20-15)21-18(26)12-8-11(12)16-22-13-4-2-3-5-14(13)23-16/h2-7,9-12H,8H2,1H3,(H,21,26)(H,22,23)(H,20,24,25)/t10-,11-,12-/m1/s1. The predicted molar refractivity (Wildman–Crippen MR) is 95.2 cm³/mol.